The second-order valence-electron chi connectivity index (χ2n) is 4.35. The molecule has 1 aromatic carbocycles. The summed E-state index contributed by atoms with van der Waals surface area (Å²) in [5.41, 5.74) is 1.60. The van der Waals surface area contributed by atoms with Crippen LogP contribution in [0.3, 0.4) is 0 Å². The van der Waals surface area contributed by atoms with Crippen molar-refractivity contribution in [1.29, 1.82) is 0 Å². The fourth-order valence-electron chi connectivity index (χ4n) is 1.99. The van der Waals surface area contributed by atoms with Gasteiger partial charge in [0.2, 0.25) is 0 Å². The SMILES string of the molecule is CNC(CCCC(F)(F)F)c1ccc(F)cc1C. The van der Waals surface area contributed by atoms with Crippen LogP contribution in [-0.4, -0.2) is 13.2 Å². The standard InChI is InChI=1S/C13H17F4N/c1-9-8-10(14)5-6-11(9)12(18-2)4-3-7-13(15,16)17/h5-6,8,12,18H,3-4,7H2,1-2H3. The van der Waals surface area contributed by atoms with Crippen molar-refractivity contribution in [2.45, 2.75) is 38.4 Å². The van der Waals surface area contributed by atoms with Gasteiger partial charge < -0.3 is 5.32 Å². The molecular formula is C13H17F4N. The average Bonchev–Trinajstić information content (AvgIpc) is 2.24. The second kappa shape index (κ2) is 6.18. The van der Waals surface area contributed by atoms with Gasteiger partial charge in [-0.15, -0.1) is 0 Å². The molecule has 0 spiro atoms. The van der Waals surface area contributed by atoms with E-state index in [2.05, 4.69) is 5.32 Å². The maximum absolute atomic E-state index is 13.0. The highest BCUT2D eigenvalue weighted by atomic mass is 19.4. The third-order valence-electron chi connectivity index (χ3n) is 2.91. The van der Waals surface area contributed by atoms with E-state index < -0.39 is 12.6 Å². The molecule has 0 saturated heterocycles. The summed E-state index contributed by atoms with van der Waals surface area (Å²) in [4.78, 5) is 0. The van der Waals surface area contributed by atoms with Crippen molar-refractivity contribution >= 4 is 0 Å². The Morgan fingerprint density at radius 1 is 1.28 bits per heavy atom. The number of benzene rings is 1. The van der Waals surface area contributed by atoms with Gasteiger partial charge in [0.25, 0.3) is 0 Å². The lowest BCUT2D eigenvalue weighted by Gasteiger charge is -2.19. The van der Waals surface area contributed by atoms with Gasteiger partial charge >= 0.3 is 6.18 Å². The molecule has 102 valence electrons. The Kier molecular flexibility index (Phi) is 5.14. The van der Waals surface area contributed by atoms with E-state index in [4.69, 9.17) is 0 Å². The molecule has 1 aromatic rings. The summed E-state index contributed by atoms with van der Waals surface area (Å²) in [7, 11) is 1.70. The molecule has 18 heavy (non-hydrogen) atoms. The van der Waals surface area contributed by atoms with Crippen LogP contribution in [0.15, 0.2) is 18.2 Å². The molecular weight excluding hydrogens is 246 g/mol. The number of alkyl halides is 3. The van der Waals surface area contributed by atoms with Crippen LogP contribution >= 0.6 is 0 Å². The van der Waals surface area contributed by atoms with Crippen LogP contribution in [0.1, 0.15) is 36.4 Å². The lowest BCUT2D eigenvalue weighted by Crippen LogP contribution is -2.18. The lowest BCUT2D eigenvalue weighted by molar-refractivity contribution is -0.135. The predicted molar refractivity (Wildman–Crippen MR) is 62.8 cm³/mol. The minimum absolute atomic E-state index is 0.0613. The molecule has 1 rings (SSSR count). The van der Waals surface area contributed by atoms with Crippen LogP contribution in [0.4, 0.5) is 17.6 Å². The fourth-order valence-corrected chi connectivity index (χ4v) is 1.99. The van der Waals surface area contributed by atoms with E-state index in [0.29, 0.717) is 6.42 Å². The molecule has 0 heterocycles. The van der Waals surface area contributed by atoms with E-state index in [9.17, 15) is 17.6 Å². The Labute approximate surface area is 104 Å². The Balaban J connectivity index is 2.66. The van der Waals surface area contributed by atoms with E-state index in [-0.39, 0.29) is 18.3 Å². The first-order chi connectivity index (χ1) is 8.33. The number of aryl methyl sites for hydroxylation is 1. The minimum Gasteiger partial charge on any atom is -0.313 e. The highest BCUT2D eigenvalue weighted by Gasteiger charge is 2.26. The molecule has 0 aliphatic rings. The van der Waals surface area contributed by atoms with Crippen LogP contribution in [-0.2, 0) is 0 Å². The average molecular weight is 263 g/mol. The van der Waals surface area contributed by atoms with Crippen molar-refractivity contribution in [3.05, 3.63) is 35.1 Å². The predicted octanol–water partition coefficient (Wildman–Crippen LogP) is 4.13. The Bertz CT molecular complexity index is 387. The third-order valence-corrected chi connectivity index (χ3v) is 2.91. The van der Waals surface area contributed by atoms with Crippen molar-refractivity contribution in [2.24, 2.45) is 0 Å². The van der Waals surface area contributed by atoms with Crippen molar-refractivity contribution in [3.63, 3.8) is 0 Å². The molecule has 0 fully saturated rings. The van der Waals surface area contributed by atoms with Crippen LogP contribution in [0.2, 0.25) is 0 Å². The minimum atomic E-state index is -4.11. The summed E-state index contributed by atoms with van der Waals surface area (Å²) >= 11 is 0. The highest BCUT2D eigenvalue weighted by molar-refractivity contribution is 5.29. The molecule has 1 atom stereocenters. The normalized spacial score (nSPS) is 13.7. The number of hydrogen-bond acceptors (Lipinski definition) is 1. The molecule has 0 aromatic heterocycles. The second-order valence-corrected chi connectivity index (χ2v) is 4.35. The summed E-state index contributed by atoms with van der Waals surface area (Å²) in [6.07, 6.45) is -4.46. The molecule has 5 heteroatoms. The summed E-state index contributed by atoms with van der Waals surface area (Å²) in [6.45, 7) is 1.76. The number of halogens is 4. The zero-order chi connectivity index (χ0) is 13.8. The molecule has 1 nitrogen and oxygen atoms in total. The van der Waals surface area contributed by atoms with Crippen molar-refractivity contribution in [3.8, 4) is 0 Å². The van der Waals surface area contributed by atoms with Gasteiger partial charge in [-0.1, -0.05) is 6.07 Å². The van der Waals surface area contributed by atoms with E-state index in [1.807, 2.05) is 0 Å². The van der Waals surface area contributed by atoms with Gasteiger partial charge in [0.05, 0.1) is 0 Å². The number of hydrogen-bond donors (Lipinski definition) is 1. The van der Waals surface area contributed by atoms with E-state index in [1.165, 1.54) is 12.1 Å². The summed E-state index contributed by atoms with van der Waals surface area (Å²) in [5.74, 6) is -0.332. The van der Waals surface area contributed by atoms with E-state index in [1.54, 1.807) is 20.0 Å². The molecule has 0 saturated carbocycles. The fraction of sp³-hybridized carbons (Fsp3) is 0.538. The Hall–Kier alpha value is -1.10. The van der Waals surface area contributed by atoms with Gasteiger partial charge in [-0.3, -0.25) is 0 Å². The van der Waals surface area contributed by atoms with Crippen LogP contribution in [0.5, 0.6) is 0 Å². The molecule has 0 amide bonds. The molecule has 0 radical (unpaired) electrons. The number of nitrogens with one attached hydrogen (secondary N) is 1. The summed E-state index contributed by atoms with van der Waals surface area (Å²) in [5, 5.41) is 2.98. The molecule has 0 bridgehead atoms. The number of rotatable bonds is 5. The van der Waals surface area contributed by atoms with Gasteiger partial charge in [-0.2, -0.15) is 13.2 Å². The smallest absolute Gasteiger partial charge is 0.313 e. The monoisotopic (exact) mass is 263 g/mol. The van der Waals surface area contributed by atoms with Gasteiger partial charge in [-0.05, 0) is 50.1 Å². The van der Waals surface area contributed by atoms with E-state index >= 15 is 0 Å². The van der Waals surface area contributed by atoms with E-state index in [0.717, 1.165) is 11.1 Å². The van der Waals surface area contributed by atoms with Crippen molar-refractivity contribution < 1.29 is 17.6 Å². The Morgan fingerprint density at radius 3 is 2.44 bits per heavy atom. The van der Waals surface area contributed by atoms with Crippen molar-refractivity contribution in [1.82, 2.24) is 5.32 Å². The summed E-state index contributed by atoms with van der Waals surface area (Å²) < 4.78 is 49.2. The first-order valence-corrected chi connectivity index (χ1v) is 5.83. The van der Waals surface area contributed by atoms with Crippen molar-refractivity contribution in [2.75, 3.05) is 7.05 Å². The maximum Gasteiger partial charge on any atom is 0.389 e. The summed E-state index contributed by atoms with van der Waals surface area (Å²) in [6, 6.07) is 4.17. The Morgan fingerprint density at radius 2 is 1.94 bits per heavy atom. The van der Waals surface area contributed by atoms with Gasteiger partial charge in [0.15, 0.2) is 0 Å². The first kappa shape index (κ1) is 15.0. The largest absolute Gasteiger partial charge is 0.389 e. The molecule has 0 aliphatic carbocycles. The lowest BCUT2D eigenvalue weighted by atomic mass is 9.97. The molecule has 1 unspecified atom stereocenters. The van der Waals surface area contributed by atoms with Gasteiger partial charge in [0.1, 0.15) is 5.82 Å². The molecule has 1 N–H and O–H groups in total. The zero-order valence-electron chi connectivity index (χ0n) is 10.4. The molecule has 0 aliphatic heterocycles. The zero-order valence-corrected chi connectivity index (χ0v) is 10.4. The quantitative estimate of drug-likeness (QED) is 0.788. The highest BCUT2D eigenvalue weighted by Crippen LogP contribution is 2.27. The van der Waals surface area contributed by atoms with Gasteiger partial charge in [0, 0.05) is 12.5 Å². The topological polar surface area (TPSA) is 12.0 Å². The maximum atomic E-state index is 13.0. The first-order valence-electron chi connectivity index (χ1n) is 5.83. The van der Waals surface area contributed by atoms with Gasteiger partial charge in [-0.25, -0.2) is 4.39 Å². The van der Waals surface area contributed by atoms with Crippen LogP contribution < -0.4 is 5.32 Å². The third kappa shape index (κ3) is 4.64. The van der Waals surface area contributed by atoms with Crippen LogP contribution in [0.25, 0.3) is 0 Å². The van der Waals surface area contributed by atoms with Crippen LogP contribution in [0, 0.1) is 12.7 Å².